The maximum absolute atomic E-state index is 13.9. The third-order valence-corrected chi connectivity index (χ3v) is 3.37. The van der Waals surface area contributed by atoms with E-state index in [-0.39, 0.29) is 22.7 Å². The normalized spacial score (nSPS) is 20.4. The molecule has 7 heteroatoms. The summed E-state index contributed by atoms with van der Waals surface area (Å²) in [5, 5.41) is 14.5. The Morgan fingerprint density at radius 2 is 2.20 bits per heavy atom. The standard InChI is InChI=1S/C13H11FN2O4/c1-20-12-9(10(17)11(12)18)16-8-6(14)3-2-5-4-15-13(19)7(5)8/h2-3,11,16,18H,4H2,1H3,(H,15,19). The number of aliphatic hydroxyl groups excluding tert-OH is 1. The van der Waals surface area contributed by atoms with E-state index < -0.39 is 23.6 Å². The van der Waals surface area contributed by atoms with E-state index in [1.807, 2.05) is 0 Å². The number of amides is 1. The number of nitrogens with one attached hydrogen (secondary N) is 2. The van der Waals surface area contributed by atoms with Crippen molar-refractivity contribution < 1.29 is 23.8 Å². The highest BCUT2D eigenvalue weighted by Gasteiger charge is 2.40. The van der Waals surface area contributed by atoms with E-state index in [4.69, 9.17) is 4.74 Å². The Bertz CT molecular complexity index is 669. The molecule has 6 nitrogen and oxygen atoms in total. The Kier molecular flexibility index (Phi) is 2.72. The number of Topliss-reactive ketones (excluding diaryl/α,β-unsaturated/α-hetero) is 1. The summed E-state index contributed by atoms with van der Waals surface area (Å²) in [4.78, 5) is 23.3. The molecule has 1 aliphatic carbocycles. The molecule has 1 atom stereocenters. The third-order valence-electron chi connectivity index (χ3n) is 3.37. The number of carbonyl (C=O) groups excluding carboxylic acids is 2. The molecule has 0 saturated heterocycles. The molecule has 0 radical (unpaired) electrons. The van der Waals surface area contributed by atoms with Gasteiger partial charge in [-0.2, -0.15) is 0 Å². The molecular weight excluding hydrogens is 267 g/mol. The minimum atomic E-state index is -1.34. The summed E-state index contributed by atoms with van der Waals surface area (Å²) >= 11 is 0. The fourth-order valence-corrected chi connectivity index (χ4v) is 2.31. The molecule has 0 bridgehead atoms. The lowest BCUT2D eigenvalue weighted by atomic mass is 9.96. The van der Waals surface area contributed by atoms with Crippen LogP contribution in [0.25, 0.3) is 0 Å². The van der Waals surface area contributed by atoms with Crippen LogP contribution < -0.4 is 10.6 Å². The van der Waals surface area contributed by atoms with Gasteiger partial charge in [-0.05, 0) is 11.6 Å². The van der Waals surface area contributed by atoms with Crippen LogP contribution in [0.2, 0.25) is 0 Å². The van der Waals surface area contributed by atoms with Gasteiger partial charge in [0.25, 0.3) is 5.91 Å². The van der Waals surface area contributed by atoms with E-state index >= 15 is 0 Å². The second-order valence-corrected chi connectivity index (χ2v) is 4.47. The quantitative estimate of drug-likeness (QED) is 0.739. The molecule has 1 aromatic carbocycles. The number of hydrogen-bond acceptors (Lipinski definition) is 5. The summed E-state index contributed by atoms with van der Waals surface area (Å²) in [7, 11) is 1.30. The zero-order valence-electron chi connectivity index (χ0n) is 10.5. The molecule has 1 unspecified atom stereocenters. The van der Waals surface area contributed by atoms with Gasteiger partial charge in [0.05, 0.1) is 18.4 Å². The van der Waals surface area contributed by atoms with E-state index in [2.05, 4.69) is 10.6 Å². The summed E-state index contributed by atoms with van der Waals surface area (Å²) in [6.45, 7) is 0.315. The lowest BCUT2D eigenvalue weighted by Crippen LogP contribution is -2.40. The Morgan fingerprint density at radius 1 is 1.45 bits per heavy atom. The number of ketones is 1. The number of rotatable bonds is 3. The van der Waals surface area contributed by atoms with Crippen molar-refractivity contribution in [1.82, 2.24) is 5.32 Å². The van der Waals surface area contributed by atoms with Gasteiger partial charge in [0.1, 0.15) is 11.5 Å². The maximum atomic E-state index is 13.9. The number of fused-ring (bicyclic) bond motifs is 1. The molecule has 0 fully saturated rings. The molecule has 2 aliphatic rings. The van der Waals surface area contributed by atoms with Gasteiger partial charge in [0.15, 0.2) is 11.9 Å². The average Bonchev–Trinajstić information content (AvgIpc) is 2.82. The summed E-state index contributed by atoms with van der Waals surface area (Å²) in [5.41, 5.74) is 0.697. The van der Waals surface area contributed by atoms with Crippen LogP contribution in [0.1, 0.15) is 15.9 Å². The first-order valence-corrected chi connectivity index (χ1v) is 5.91. The van der Waals surface area contributed by atoms with Gasteiger partial charge in [-0.15, -0.1) is 0 Å². The Balaban J connectivity index is 2.05. The molecule has 1 heterocycles. The van der Waals surface area contributed by atoms with E-state index in [9.17, 15) is 19.1 Å². The molecule has 0 saturated carbocycles. The minimum absolute atomic E-state index is 0.0328. The zero-order valence-corrected chi connectivity index (χ0v) is 10.5. The first-order valence-electron chi connectivity index (χ1n) is 5.91. The van der Waals surface area contributed by atoms with Gasteiger partial charge < -0.3 is 20.5 Å². The van der Waals surface area contributed by atoms with Crippen LogP contribution >= 0.6 is 0 Å². The SMILES string of the molecule is COC1=C(Nc2c(F)ccc3c2C(=O)NC3)C(=O)C1O. The summed E-state index contributed by atoms with van der Waals surface area (Å²) in [6, 6.07) is 2.73. The highest BCUT2D eigenvalue weighted by atomic mass is 19.1. The molecule has 20 heavy (non-hydrogen) atoms. The molecule has 1 amide bonds. The molecule has 1 aliphatic heterocycles. The van der Waals surface area contributed by atoms with E-state index in [0.29, 0.717) is 12.1 Å². The number of ether oxygens (including phenoxy) is 1. The van der Waals surface area contributed by atoms with Gasteiger partial charge in [0.2, 0.25) is 5.78 Å². The van der Waals surface area contributed by atoms with Crippen molar-refractivity contribution in [1.29, 1.82) is 0 Å². The summed E-state index contributed by atoms with van der Waals surface area (Å²) in [6.07, 6.45) is -1.34. The van der Waals surface area contributed by atoms with Crippen molar-refractivity contribution >= 4 is 17.4 Å². The van der Waals surface area contributed by atoms with E-state index in [0.717, 1.165) is 0 Å². The van der Waals surface area contributed by atoms with Crippen LogP contribution in [-0.2, 0) is 16.1 Å². The van der Waals surface area contributed by atoms with Crippen LogP contribution in [0, 0.1) is 5.82 Å². The van der Waals surface area contributed by atoms with E-state index in [1.165, 1.54) is 19.2 Å². The van der Waals surface area contributed by atoms with Gasteiger partial charge >= 0.3 is 0 Å². The van der Waals surface area contributed by atoms with Crippen LogP contribution in [-0.4, -0.2) is 30.0 Å². The predicted octanol–water partition coefficient (Wildman–Crippen LogP) is 0.283. The lowest BCUT2D eigenvalue weighted by Gasteiger charge is -2.27. The maximum Gasteiger partial charge on any atom is 0.254 e. The van der Waals surface area contributed by atoms with Crippen molar-refractivity contribution in [2.75, 3.05) is 12.4 Å². The van der Waals surface area contributed by atoms with Crippen molar-refractivity contribution in [3.8, 4) is 0 Å². The lowest BCUT2D eigenvalue weighted by molar-refractivity contribution is -0.127. The van der Waals surface area contributed by atoms with E-state index in [1.54, 1.807) is 0 Å². The smallest absolute Gasteiger partial charge is 0.254 e. The minimum Gasteiger partial charge on any atom is -0.496 e. The van der Waals surface area contributed by atoms with Gasteiger partial charge in [-0.1, -0.05) is 6.07 Å². The molecule has 1 aromatic rings. The number of anilines is 1. The molecule has 0 spiro atoms. The van der Waals surface area contributed by atoms with Gasteiger partial charge in [0, 0.05) is 6.54 Å². The topological polar surface area (TPSA) is 87.7 Å². The monoisotopic (exact) mass is 278 g/mol. The Morgan fingerprint density at radius 3 is 2.90 bits per heavy atom. The first kappa shape index (κ1) is 12.6. The Hall–Kier alpha value is -2.41. The van der Waals surface area contributed by atoms with Crippen LogP contribution in [0.5, 0.6) is 0 Å². The number of carbonyl (C=O) groups is 2. The fraction of sp³-hybridized carbons (Fsp3) is 0.231. The van der Waals surface area contributed by atoms with Crippen molar-refractivity contribution in [3.63, 3.8) is 0 Å². The highest BCUT2D eigenvalue weighted by molar-refractivity contribution is 6.11. The number of benzene rings is 1. The van der Waals surface area contributed by atoms with Crippen molar-refractivity contribution in [2.24, 2.45) is 0 Å². The third kappa shape index (κ3) is 1.60. The van der Waals surface area contributed by atoms with Crippen LogP contribution in [0.15, 0.2) is 23.6 Å². The predicted molar refractivity (Wildman–Crippen MR) is 66.2 cm³/mol. The number of methoxy groups -OCH3 is 1. The number of hydrogen-bond donors (Lipinski definition) is 3. The second kappa shape index (κ2) is 4.31. The summed E-state index contributed by atoms with van der Waals surface area (Å²) < 4.78 is 18.8. The average molecular weight is 278 g/mol. The number of aliphatic hydroxyl groups is 1. The Labute approximate surface area is 113 Å². The fourth-order valence-electron chi connectivity index (χ4n) is 2.31. The van der Waals surface area contributed by atoms with Gasteiger partial charge in [-0.3, -0.25) is 9.59 Å². The summed E-state index contributed by atoms with van der Waals surface area (Å²) in [5.74, 6) is -1.63. The second-order valence-electron chi connectivity index (χ2n) is 4.47. The molecule has 0 aromatic heterocycles. The molecular formula is C13H11FN2O4. The van der Waals surface area contributed by atoms with Crippen LogP contribution in [0.4, 0.5) is 10.1 Å². The number of halogens is 1. The van der Waals surface area contributed by atoms with Crippen molar-refractivity contribution in [3.05, 3.63) is 40.5 Å². The van der Waals surface area contributed by atoms with Crippen molar-refractivity contribution in [2.45, 2.75) is 12.6 Å². The largest absolute Gasteiger partial charge is 0.496 e. The van der Waals surface area contributed by atoms with Gasteiger partial charge in [-0.25, -0.2) is 4.39 Å². The highest BCUT2D eigenvalue weighted by Crippen LogP contribution is 2.32. The molecule has 3 N–H and O–H groups in total. The molecule has 104 valence electrons. The molecule has 3 rings (SSSR count). The zero-order chi connectivity index (χ0) is 14.4. The first-order chi connectivity index (χ1) is 9.54. The van der Waals surface area contributed by atoms with Crippen LogP contribution in [0.3, 0.4) is 0 Å².